The Hall–Kier alpha value is -1.51. The van der Waals surface area contributed by atoms with Gasteiger partial charge in [0.25, 0.3) is 0 Å². The van der Waals surface area contributed by atoms with Crippen LogP contribution in [0.4, 0.5) is 5.69 Å². The minimum absolute atomic E-state index is 0.0894. The highest BCUT2D eigenvalue weighted by atomic mass is 16.2. The Kier molecular flexibility index (Phi) is 5.87. The standard InChI is InChI=1S/C16H26N2O/c1-12(2)9-13(3)17-16-8-6-7-15(10-16)11-18(5)14(4)19/h6-8,10,12-13,17H,9,11H2,1-5H3. The van der Waals surface area contributed by atoms with E-state index >= 15 is 0 Å². The van der Waals surface area contributed by atoms with Gasteiger partial charge in [0.1, 0.15) is 0 Å². The van der Waals surface area contributed by atoms with Crippen molar-refractivity contribution in [2.45, 2.75) is 46.7 Å². The Labute approximate surface area is 117 Å². The summed E-state index contributed by atoms with van der Waals surface area (Å²) < 4.78 is 0. The largest absolute Gasteiger partial charge is 0.383 e. The molecule has 0 bridgehead atoms. The fraction of sp³-hybridized carbons (Fsp3) is 0.562. The molecule has 1 aromatic rings. The Balaban J connectivity index is 2.64. The van der Waals surface area contributed by atoms with Crippen molar-refractivity contribution in [3.63, 3.8) is 0 Å². The summed E-state index contributed by atoms with van der Waals surface area (Å²) in [5, 5.41) is 3.51. The molecule has 106 valence electrons. The van der Waals surface area contributed by atoms with Crippen molar-refractivity contribution >= 4 is 11.6 Å². The molecule has 3 nitrogen and oxygen atoms in total. The molecular weight excluding hydrogens is 236 g/mol. The maximum atomic E-state index is 11.2. The monoisotopic (exact) mass is 262 g/mol. The molecule has 0 aliphatic carbocycles. The fourth-order valence-corrected chi connectivity index (χ4v) is 2.20. The van der Waals surface area contributed by atoms with E-state index in [4.69, 9.17) is 0 Å². The predicted molar refractivity (Wildman–Crippen MR) is 81.1 cm³/mol. The summed E-state index contributed by atoms with van der Waals surface area (Å²) in [6, 6.07) is 8.75. The van der Waals surface area contributed by atoms with E-state index < -0.39 is 0 Å². The lowest BCUT2D eigenvalue weighted by molar-refractivity contribution is -0.128. The van der Waals surface area contributed by atoms with Crippen molar-refractivity contribution < 1.29 is 4.79 Å². The molecular formula is C16H26N2O. The summed E-state index contributed by atoms with van der Waals surface area (Å²) in [6.07, 6.45) is 1.15. The molecule has 0 fully saturated rings. The third-order valence-electron chi connectivity index (χ3n) is 3.12. The third-order valence-corrected chi connectivity index (χ3v) is 3.12. The second kappa shape index (κ2) is 7.17. The van der Waals surface area contributed by atoms with Gasteiger partial charge in [-0.15, -0.1) is 0 Å². The molecule has 1 N–H and O–H groups in total. The summed E-state index contributed by atoms with van der Waals surface area (Å²) >= 11 is 0. The van der Waals surface area contributed by atoms with E-state index in [0.717, 1.165) is 17.7 Å². The lowest BCUT2D eigenvalue weighted by atomic mass is 10.0. The van der Waals surface area contributed by atoms with Crippen LogP contribution in [0.15, 0.2) is 24.3 Å². The van der Waals surface area contributed by atoms with Gasteiger partial charge in [0.2, 0.25) is 5.91 Å². The molecule has 0 aliphatic rings. The predicted octanol–water partition coefficient (Wildman–Crippen LogP) is 3.51. The molecule has 1 rings (SSSR count). The van der Waals surface area contributed by atoms with Crippen LogP contribution in [0.5, 0.6) is 0 Å². The number of anilines is 1. The molecule has 1 atom stereocenters. The Morgan fingerprint density at radius 2 is 2.00 bits per heavy atom. The quantitative estimate of drug-likeness (QED) is 0.851. The number of carbonyl (C=O) groups is 1. The maximum absolute atomic E-state index is 11.2. The van der Waals surface area contributed by atoms with E-state index in [0.29, 0.717) is 18.5 Å². The van der Waals surface area contributed by atoms with Crippen LogP contribution in [-0.2, 0) is 11.3 Å². The number of hydrogen-bond donors (Lipinski definition) is 1. The topological polar surface area (TPSA) is 32.3 Å². The van der Waals surface area contributed by atoms with E-state index in [1.165, 1.54) is 0 Å². The Bertz CT molecular complexity index is 415. The third kappa shape index (κ3) is 5.77. The zero-order chi connectivity index (χ0) is 14.4. The van der Waals surface area contributed by atoms with Crippen molar-refractivity contribution in [2.24, 2.45) is 5.92 Å². The first-order valence-corrected chi connectivity index (χ1v) is 6.95. The molecule has 0 saturated heterocycles. The first-order valence-electron chi connectivity index (χ1n) is 6.95. The number of hydrogen-bond acceptors (Lipinski definition) is 2. The summed E-state index contributed by atoms with van der Waals surface area (Å²) in [5.74, 6) is 0.779. The summed E-state index contributed by atoms with van der Waals surface area (Å²) in [6.45, 7) is 8.91. The van der Waals surface area contributed by atoms with Crippen LogP contribution in [0.3, 0.4) is 0 Å². The summed E-state index contributed by atoms with van der Waals surface area (Å²) in [5.41, 5.74) is 2.28. The fourth-order valence-electron chi connectivity index (χ4n) is 2.20. The van der Waals surface area contributed by atoms with Gasteiger partial charge in [0.05, 0.1) is 0 Å². The lowest BCUT2D eigenvalue weighted by Gasteiger charge is -2.19. The molecule has 1 aromatic carbocycles. The molecule has 1 amide bonds. The molecule has 1 unspecified atom stereocenters. The van der Waals surface area contributed by atoms with E-state index in [1.807, 2.05) is 13.1 Å². The van der Waals surface area contributed by atoms with Gasteiger partial charge in [-0.3, -0.25) is 4.79 Å². The first kappa shape index (κ1) is 15.5. The van der Waals surface area contributed by atoms with Crippen LogP contribution in [0.25, 0.3) is 0 Å². The van der Waals surface area contributed by atoms with Crippen molar-refractivity contribution in [3.05, 3.63) is 29.8 Å². The molecule has 0 radical (unpaired) electrons. The minimum atomic E-state index is 0.0894. The SMILES string of the molecule is CC(=O)N(C)Cc1cccc(NC(C)CC(C)C)c1. The molecule has 0 saturated carbocycles. The molecule has 0 aliphatic heterocycles. The average Bonchev–Trinajstić information content (AvgIpc) is 2.27. The normalized spacial score (nSPS) is 12.3. The summed E-state index contributed by atoms with van der Waals surface area (Å²) in [7, 11) is 1.82. The van der Waals surface area contributed by atoms with E-state index in [1.54, 1.807) is 11.8 Å². The number of rotatable bonds is 6. The smallest absolute Gasteiger partial charge is 0.219 e. The zero-order valence-electron chi connectivity index (χ0n) is 12.7. The first-order chi connectivity index (χ1) is 8.88. The highest BCUT2D eigenvalue weighted by Gasteiger charge is 2.07. The Morgan fingerprint density at radius 3 is 2.58 bits per heavy atom. The van der Waals surface area contributed by atoms with Crippen LogP contribution in [0, 0.1) is 5.92 Å². The molecule has 0 spiro atoms. The zero-order valence-corrected chi connectivity index (χ0v) is 12.7. The van der Waals surface area contributed by atoms with Crippen molar-refractivity contribution in [3.8, 4) is 0 Å². The molecule has 3 heteroatoms. The van der Waals surface area contributed by atoms with Gasteiger partial charge < -0.3 is 10.2 Å². The maximum Gasteiger partial charge on any atom is 0.219 e. The Morgan fingerprint density at radius 1 is 1.32 bits per heavy atom. The van der Waals surface area contributed by atoms with Gasteiger partial charge in [-0.25, -0.2) is 0 Å². The average molecular weight is 262 g/mol. The van der Waals surface area contributed by atoms with E-state index in [2.05, 4.69) is 44.3 Å². The molecule has 0 aromatic heterocycles. The number of benzene rings is 1. The highest BCUT2D eigenvalue weighted by molar-refractivity contribution is 5.72. The van der Waals surface area contributed by atoms with Gasteiger partial charge in [0.15, 0.2) is 0 Å². The minimum Gasteiger partial charge on any atom is -0.383 e. The van der Waals surface area contributed by atoms with Gasteiger partial charge >= 0.3 is 0 Å². The highest BCUT2D eigenvalue weighted by Crippen LogP contribution is 2.15. The van der Waals surface area contributed by atoms with Crippen molar-refractivity contribution in [1.29, 1.82) is 0 Å². The molecule has 19 heavy (non-hydrogen) atoms. The van der Waals surface area contributed by atoms with Gasteiger partial charge in [-0.2, -0.15) is 0 Å². The number of carbonyl (C=O) groups excluding carboxylic acids is 1. The van der Waals surface area contributed by atoms with Crippen LogP contribution < -0.4 is 5.32 Å². The van der Waals surface area contributed by atoms with E-state index in [9.17, 15) is 4.79 Å². The van der Waals surface area contributed by atoms with Crippen molar-refractivity contribution in [2.75, 3.05) is 12.4 Å². The van der Waals surface area contributed by atoms with Crippen molar-refractivity contribution in [1.82, 2.24) is 4.90 Å². The van der Waals surface area contributed by atoms with Crippen LogP contribution in [0.1, 0.15) is 39.7 Å². The van der Waals surface area contributed by atoms with Gasteiger partial charge in [-0.1, -0.05) is 26.0 Å². The van der Waals surface area contributed by atoms with Gasteiger partial charge in [-0.05, 0) is 37.0 Å². The van der Waals surface area contributed by atoms with Gasteiger partial charge in [0, 0.05) is 32.2 Å². The van der Waals surface area contributed by atoms with Crippen LogP contribution in [0.2, 0.25) is 0 Å². The number of amides is 1. The number of nitrogens with one attached hydrogen (secondary N) is 1. The van der Waals surface area contributed by atoms with E-state index in [-0.39, 0.29) is 5.91 Å². The molecule has 0 heterocycles. The van der Waals surface area contributed by atoms with Crippen LogP contribution in [-0.4, -0.2) is 23.9 Å². The summed E-state index contributed by atoms with van der Waals surface area (Å²) in [4.78, 5) is 13.0. The second-order valence-corrected chi connectivity index (χ2v) is 5.75. The van der Waals surface area contributed by atoms with Crippen LogP contribution >= 0.6 is 0 Å². The second-order valence-electron chi connectivity index (χ2n) is 5.75. The lowest BCUT2D eigenvalue weighted by Crippen LogP contribution is -2.23. The number of nitrogens with zero attached hydrogens (tertiary/aromatic N) is 1.